The first-order valence-electron chi connectivity index (χ1n) is 9.49. The van der Waals surface area contributed by atoms with Crippen molar-refractivity contribution in [3.8, 4) is 11.5 Å². The number of benzene rings is 3. The van der Waals surface area contributed by atoms with Crippen LogP contribution < -0.4 is 9.64 Å². The molecule has 6 nitrogen and oxygen atoms in total. The molecule has 0 spiro atoms. The van der Waals surface area contributed by atoms with Crippen molar-refractivity contribution in [3.05, 3.63) is 77.4 Å². The van der Waals surface area contributed by atoms with Crippen molar-refractivity contribution in [2.75, 3.05) is 4.90 Å². The number of aromatic carboxylic acids is 2. The molecule has 1 aliphatic heterocycles. The summed E-state index contributed by atoms with van der Waals surface area (Å²) in [5.41, 5.74) is 2.80. The first kappa shape index (κ1) is 19.5. The Labute approximate surface area is 174 Å². The van der Waals surface area contributed by atoms with Crippen LogP contribution in [0.1, 0.15) is 47.1 Å². The van der Waals surface area contributed by atoms with Crippen molar-refractivity contribution in [2.24, 2.45) is 0 Å². The van der Waals surface area contributed by atoms with E-state index in [2.05, 4.69) is 20.8 Å². The maximum absolute atomic E-state index is 11.8. The van der Waals surface area contributed by atoms with E-state index in [4.69, 9.17) is 4.74 Å². The maximum Gasteiger partial charge on any atom is 0.339 e. The first-order chi connectivity index (χ1) is 14.2. The summed E-state index contributed by atoms with van der Waals surface area (Å²) in [6.45, 7) is 6.33. The number of hydrogen-bond donors (Lipinski definition) is 2. The van der Waals surface area contributed by atoms with Crippen LogP contribution in [0.4, 0.5) is 17.1 Å². The zero-order valence-corrected chi connectivity index (χ0v) is 16.8. The van der Waals surface area contributed by atoms with Gasteiger partial charge in [0.25, 0.3) is 0 Å². The Morgan fingerprint density at radius 1 is 0.800 bits per heavy atom. The molecule has 0 radical (unpaired) electrons. The molecule has 6 heteroatoms. The average Bonchev–Trinajstić information content (AvgIpc) is 2.70. The molecule has 0 saturated carbocycles. The van der Waals surface area contributed by atoms with Crippen LogP contribution in [0.15, 0.2) is 60.7 Å². The molecule has 1 aliphatic rings. The first-order valence-corrected chi connectivity index (χ1v) is 9.49. The van der Waals surface area contributed by atoms with Crippen LogP contribution >= 0.6 is 0 Å². The fraction of sp³-hybridized carbons (Fsp3) is 0.167. The number of carboxylic acids is 2. The standard InChI is InChI=1S/C24H21NO5/c1-24(2,3)14-7-4-8-15(13-14)25-18-11-5-9-16(22(26)27)20(18)30-21-17(23(28)29)10-6-12-19(21)25/h4-13H,1-3H3,(H,26,27)(H,28,29). The summed E-state index contributed by atoms with van der Waals surface area (Å²) in [6, 6.07) is 17.6. The second-order valence-corrected chi connectivity index (χ2v) is 8.16. The van der Waals surface area contributed by atoms with E-state index in [1.54, 1.807) is 24.3 Å². The lowest BCUT2D eigenvalue weighted by molar-refractivity contribution is 0.0687. The quantitative estimate of drug-likeness (QED) is 0.439. The molecule has 3 aromatic rings. The van der Waals surface area contributed by atoms with Crippen LogP contribution in [-0.2, 0) is 5.41 Å². The molecule has 2 N–H and O–H groups in total. The molecular formula is C24H21NO5. The van der Waals surface area contributed by atoms with Gasteiger partial charge in [0.1, 0.15) is 11.1 Å². The molecule has 0 atom stereocenters. The minimum atomic E-state index is -1.15. The third kappa shape index (κ3) is 3.16. The van der Waals surface area contributed by atoms with Gasteiger partial charge in [-0.1, -0.05) is 45.0 Å². The largest absolute Gasteiger partial charge is 0.478 e. The lowest BCUT2D eigenvalue weighted by Gasteiger charge is -2.34. The molecule has 0 unspecified atom stereocenters. The zero-order valence-electron chi connectivity index (χ0n) is 16.8. The zero-order chi connectivity index (χ0) is 21.6. The monoisotopic (exact) mass is 403 g/mol. The van der Waals surface area contributed by atoms with Gasteiger partial charge in [-0.25, -0.2) is 9.59 Å². The Hall–Kier alpha value is -3.80. The summed E-state index contributed by atoms with van der Waals surface area (Å²) >= 11 is 0. The lowest BCUT2D eigenvalue weighted by atomic mass is 9.86. The SMILES string of the molecule is CC(C)(C)c1cccc(N2c3cccc(C(=O)O)c3Oc3c(C(=O)O)cccc32)c1. The Morgan fingerprint density at radius 3 is 1.77 bits per heavy atom. The van der Waals surface area contributed by atoms with Gasteiger partial charge in [0.2, 0.25) is 0 Å². The third-order valence-electron chi connectivity index (χ3n) is 5.11. The van der Waals surface area contributed by atoms with Crippen LogP contribution in [0.2, 0.25) is 0 Å². The summed E-state index contributed by atoms with van der Waals surface area (Å²) in [4.78, 5) is 25.5. The number of ether oxygens (including phenoxy) is 1. The van der Waals surface area contributed by atoms with Crippen LogP contribution in [0, 0.1) is 0 Å². The fourth-order valence-electron chi connectivity index (χ4n) is 3.57. The molecule has 0 fully saturated rings. The Balaban J connectivity index is 2.03. The highest BCUT2D eigenvalue weighted by Crippen LogP contribution is 2.53. The summed E-state index contributed by atoms with van der Waals surface area (Å²) in [5, 5.41) is 19.3. The second-order valence-electron chi connectivity index (χ2n) is 8.16. The predicted molar refractivity (Wildman–Crippen MR) is 114 cm³/mol. The van der Waals surface area contributed by atoms with E-state index in [1.165, 1.54) is 12.1 Å². The maximum atomic E-state index is 11.8. The Morgan fingerprint density at radius 2 is 1.30 bits per heavy atom. The number of anilines is 3. The summed E-state index contributed by atoms with van der Waals surface area (Å²) in [6.07, 6.45) is 0. The fourth-order valence-corrected chi connectivity index (χ4v) is 3.57. The molecule has 0 bridgehead atoms. The van der Waals surface area contributed by atoms with E-state index in [1.807, 2.05) is 29.2 Å². The van der Waals surface area contributed by atoms with Gasteiger partial charge in [-0.05, 0) is 47.4 Å². The van der Waals surface area contributed by atoms with E-state index < -0.39 is 11.9 Å². The van der Waals surface area contributed by atoms with Gasteiger partial charge in [-0.15, -0.1) is 0 Å². The van der Waals surface area contributed by atoms with Crippen molar-refractivity contribution >= 4 is 29.0 Å². The molecule has 4 rings (SSSR count). The normalized spacial score (nSPS) is 12.6. The van der Waals surface area contributed by atoms with E-state index in [0.29, 0.717) is 11.4 Å². The topological polar surface area (TPSA) is 87.1 Å². The second kappa shape index (κ2) is 6.91. The van der Waals surface area contributed by atoms with E-state index in [-0.39, 0.29) is 28.0 Å². The summed E-state index contributed by atoms with van der Waals surface area (Å²) < 4.78 is 5.91. The molecule has 0 amide bonds. The number of hydrogen-bond acceptors (Lipinski definition) is 4. The molecule has 152 valence electrons. The molecule has 30 heavy (non-hydrogen) atoms. The van der Waals surface area contributed by atoms with Crippen LogP contribution in [-0.4, -0.2) is 22.2 Å². The van der Waals surface area contributed by atoms with Crippen molar-refractivity contribution in [1.82, 2.24) is 0 Å². The van der Waals surface area contributed by atoms with E-state index in [0.717, 1.165) is 11.3 Å². The number of nitrogens with zero attached hydrogens (tertiary/aromatic N) is 1. The molecule has 0 saturated heterocycles. The number of carboxylic acid groups (broad SMARTS) is 2. The Bertz CT molecular complexity index is 1110. The van der Waals surface area contributed by atoms with Crippen LogP contribution in [0.3, 0.4) is 0 Å². The van der Waals surface area contributed by atoms with E-state index >= 15 is 0 Å². The van der Waals surface area contributed by atoms with Gasteiger partial charge in [-0.3, -0.25) is 0 Å². The summed E-state index contributed by atoms with van der Waals surface area (Å²) in [5.74, 6) is -2.06. The number of carbonyl (C=O) groups is 2. The highest BCUT2D eigenvalue weighted by molar-refractivity contribution is 6.01. The highest BCUT2D eigenvalue weighted by Gasteiger charge is 2.32. The van der Waals surface area contributed by atoms with E-state index in [9.17, 15) is 19.8 Å². The molecular weight excluding hydrogens is 382 g/mol. The predicted octanol–water partition coefficient (Wildman–Crippen LogP) is 5.96. The van der Waals surface area contributed by atoms with Crippen LogP contribution in [0.5, 0.6) is 11.5 Å². The lowest BCUT2D eigenvalue weighted by Crippen LogP contribution is -2.20. The van der Waals surface area contributed by atoms with Crippen molar-refractivity contribution in [2.45, 2.75) is 26.2 Å². The minimum absolute atomic E-state index is 0.0321. The van der Waals surface area contributed by atoms with Gasteiger partial charge < -0.3 is 19.8 Å². The Kier molecular flexibility index (Phi) is 4.50. The van der Waals surface area contributed by atoms with Gasteiger partial charge in [-0.2, -0.15) is 0 Å². The highest BCUT2D eigenvalue weighted by atomic mass is 16.5. The number of para-hydroxylation sites is 2. The van der Waals surface area contributed by atoms with Gasteiger partial charge in [0.05, 0.1) is 11.4 Å². The van der Waals surface area contributed by atoms with Gasteiger partial charge in [0, 0.05) is 5.69 Å². The molecule has 1 heterocycles. The molecule has 0 aliphatic carbocycles. The van der Waals surface area contributed by atoms with Gasteiger partial charge in [0.15, 0.2) is 11.5 Å². The van der Waals surface area contributed by atoms with Crippen molar-refractivity contribution < 1.29 is 24.5 Å². The average molecular weight is 403 g/mol. The minimum Gasteiger partial charge on any atom is -0.478 e. The van der Waals surface area contributed by atoms with Gasteiger partial charge >= 0.3 is 11.9 Å². The number of fused-ring (bicyclic) bond motifs is 2. The van der Waals surface area contributed by atoms with Crippen LogP contribution in [0.25, 0.3) is 0 Å². The van der Waals surface area contributed by atoms with Crippen molar-refractivity contribution in [1.29, 1.82) is 0 Å². The van der Waals surface area contributed by atoms with Crippen molar-refractivity contribution in [3.63, 3.8) is 0 Å². The molecule has 0 aromatic heterocycles. The number of rotatable bonds is 3. The smallest absolute Gasteiger partial charge is 0.339 e. The summed E-state index contributed by atoms with van der Waals surface area (Å²) in [7, 11) is 0. The molecule has 3 aromatic carbocycles. The third-order valence-corrected chi connectivity index (χ3v) is 5.11.